The van der Waals surface area contributed by atoms with E-state index in [2.05, 4.69) is 0 Å². The van der Waals surface area contributed by atoms with Crippen molar-refractivity contribution in [2.45, 2.75) is 0 Å². The highest BCUT2D eigenvalue weighted by Crippen LogP contribution is 2.25. The molecule has 86 valence electrons. The van der Waals surface area contributed by atoms with Crippen LogP contribution in [0.3, 0.4) is 0 Å². The molecule has 0 saturated heterocycles. The minimum Gasteiger partial charge on any atom is -0.398 e. The molecule has 2 rings (SSSR count). The predicted octanol–water partition coefficient (Wildman–Crippen LogP) is 3.81. The highest BCUT2D eigenvalue weighted by Gasteiger charge is 2.15. The largest absolute Gasteiger partial charge is 0.398 e. The van der Waals surface area contributed by atoms with E-state index in [4.69, 9.17) is 28.9 Å². The number of benzene rings is 2. The predicted molar refractivity (Wildman–Crippen MR) is 70.7 cm³/mol. The van der Waals surface area contributed by atoms with Gasteiger partial charge in [0, 0.05) is 21.8 Å². The molecule has 0 amide bonds. The second kappa shape index (κ2) is 4.78. The third-order valence-corrected chi connectivity index (χ3v) is 2.94. The summed E-state index contributed by atoms with van der Waals surface area (Å²) >= 11 is 11.8. The number of nitrogens with two attached hydrogens (primary N) is 1. The minimum atomic E-state index is -0.226. The Hall–Kier alpha value is -1.51. The lowest BCUT2D eigenvalue weighted by molar-refractivity contribution is 0.103. The summed E-state index contributed by atoms with van der Waals surface area (Å²) in [5.74, 6) is -0.226. The van der Waals surface area contributed by atoms with Gasteiger partial charge in [-0.25, -0.2) is 0 Å². The number of carbonyl (C=O) groups excluding carboxylic acids is 1. The van der Waals surface area contributed by atoms with E-state index in [1.807, 2.05) is 0 Å². The average Bonchev–Trinajstić information content (AvgIpc) is 2.32. The van der Waals surface area contributed by atoms with Crippen molar-refractivity contribution in [3.8, 4) is 0 Å². The fraction of sp³-hybridized carbons (Fsp3) is 0. The maximum Gasteiger partial charge on any atom is 0.196 e. The van der Waals surface area contributed by atoms with Crippen LogP contribution in [-0.4, -0.2) is 5.78 Å². The van der Waals surface area contributed by atoms with Crippen molar-refractivity contribution in [2.24, 2.45) is 0 Å². The number of ketones is 1. The summed E-state index contributed by atoms with van der Waals surface area (Å²) in [6, 6.07) is 11.6. The normalized spacial score (nSPS) is 10.2. The van der Waals surface area contributed by atoms with Gasteiger partial charge in [0.25, 0.3) is 0 Å². The SMILES string of the molecule is Nc1ccccc1C(=O)c1cc(Cl)ccc1Cl. The van der Waals surface area contributed by atoms with Gasteiger partial charge in [0.1, 0.15) is 0 Å². The van der Waals surface area contributed by atoms with Crippen LogP contribution >= 0.6 is 23.2 Å². The van der Waals surface area contributed by atoms with Crippen molar-refractivity contribution in [3.05, 3.63) is 63.6 Å². The van der Waals surface area contributed by atoms with Gasteiger partial charge in [-0.05, 0) is 30.3 Å². The lowest BCUT2D eigenvalue weighted by Gasteiger charge is -2.06. The van der Waals surface area contributed by atoms with E-state index < -0.39 is 0 Å². The Kier molecular flexibility index (Phi) is 3.36. The lowest BCUT2D eigenvalue weighted by Crippen LogP contribution is -2.05. The van der Waals surface area contributed by atoms with Crippen LogP contribution in [0.15, 0.2) is 42.5 Å². The zero-order valence-corrected chi connectivity index (χ0v) is 10.3. The third-order valence-electron chi connectivity index (χ3n) is 2.38. The average molecular weight is 266 g/mol. The molecule has 2 nitrogen and oxygen atoms in total. The molecule has 0 aliphatic heterocycles. The number of hydrogen-bond donors (Lipinski definition) is 1. The molecule has 0 unspecified atom stereocenters. The maximum absolute atomic E-state index is 12.2. The Morgan fingerprint density at radius 2 is 1.71 bits per heavy atom. The molecule has 0 aliphatic carbocycles. The molecule has 0 bridgehead atoms. The van der Waals surface area contributed by atoms with E-state index in [1.54, 1.807) is 42.5 Å². The van der Waals surface area contributed by atoms with Crippen LogP contribution in [0.5, 0.6) is 0 Å². The number of nitrogen functional groups attached to an aromatic ring is 1. The van der Waals surface area contributed by atoms with E-state index >= 15 is 0 Å². The number of anilines is 1. The zero-order valence-electron chi connectivity index (χ0n) is 8.78. The number of rotatable bonds is 2. The molecular weight excluding hydrogens is 257 g/mol. The van der Waals surface area contributed by atoms with Crippen LogP contribution in [-0.2, 0) is 0 Å². The van der Waals surface area contributed by atoms with Gasteiger partial charge >= 0.3 is 0 Å². The molecule has 0 saturated carbocycles. The molecule has 0 aromatic heterocycles. The quantitative estimate of drug-likeness (QED) is 0.663. The van der Waals surface area contributed by atoms with Crippen molar-refractivity contribution >= 4 is 34.7 Å². The summed E-state index contributed by atoms with van der Waals surface area (Å²) in [6.45, 7) is 0. The second-order valence-electron chi connectivity index (χ2n) is 3.54. The van der Waals surface area contributed by atoms with E-state index in [0.717, 1.165) is 0 Å². The minimum absolute atomic E-state index is 0.226. The first kappa shape index (κ1) is 12.0. The zero-order chi connectivity index (χ0) is 12.4. The molecule has 0 radical (unpaired) electrons. The molecule has 2 aromatic rings. The van der Waals surface area contributed by atoms with Gasteiger partial charge in [-0.15, -0.1) is 0 Å². The Bertz CT molecular complexity index is 581. The van der Waals surface area contributed by atoms with Crippen LogP contribution < -0.4 is 5.73 Å². The van der Waals surface area contributed by atoms with Crippen molar-refractivity contribution in [2.75, 3.05) is 5.73 Å². The first-order valence-electron chi connectivity index (χ1n) is 4.94. The number of halogens is 2. The van der Waals surface area contributed by atoms with Crippen LogP contribution in [0.1, 0.15) is 15.9 Å². The highest BCUT2D eigenvalue weighted by molar-refractivity contribution is 6.37. The first-order chi connectivity index (χ1) is 8.09. The van der Waals surface area contributed by atoms with E-state index in [0.29, 0.717) is 26.9 Å². The fourth-order valence-corrected chi connectivity index (χ4v) is 1.90. The van der Waals surface area contributed by atoms with Gasteiger partial charge in [0.2, 0.25) is 0 Å². The lowest BCUT2D eigenvalue weighted by atomic mass is 10.0. The van der Waals surface area contributed by atoms with Gasteiger partial charge in [0.15, 0.2) is 5.78 Å². The smallest absolute Gasteiger partial charge is 0.196 e. The Morgan fingerprint density at radius 3 is 2.41 bits per heavy atom. The molecular formula is C13H9Cl2NO. The van der Waals surface area contributed by atoms with Crippen LogP contribution in [0.4, 0.5) is 5.69 Å². The standard InChI is InChI=1S/C13H9Cl2NO/c14-8-5-6-11(15)10(7-8)13(17)9-3-1-2-4-12(9)16/h1-7H,16H2. The summed E-state index contributed by atoms with van der Waals surface area (Å²) in [6.07, 6.45) is 0. The van der Waals surface area contributed by atoms with Crippen molar-refractivity contribution in [1.29, 1.82) is 0 Å². The Labute approximate surface area is 109 Å². The van der Waals surface area contributed by atoms with Gasteiger partial charge in [-0.3, -0.25) is 4.79 Å². The van der Waals surface area contributed by atoms with Crippen LogP contribution in [0.2, 0.25) is 10.0 Å². The molecule has 0 fully saturated rings. The highest BCUT2D eigenvalue weighted by atomic mass is 35.5. The summed E-state index contributed by atoms with van der Waals surface area (Å²) in [4.78, 5) is 12.2. The van der Waals surface area contributed by atoms with Gasteiger partial charge < -0.3 is 5.73 Å². The first-order valence-corrected chi connectivity index (χ1v) is 5.69. The molecule has 0 heterocycles. The number of para-hydroxylation sites is 1. The van der Waals surface area contributed by atoms with Crippen molar-refractivity contribution < 1.29 is 4.79 Å². The molecule has 2 N–H and O–H groups in total. The third kappa shape index (κ3) is 2.43. The summed E-state index contributed by atoms with van der Waals surface area (Å²) < 4.78 is 0. The van der Waals surface area contributed by atoms with Crippen molar-refractivity contribution in [3.63, 3.8) is 0 Å². The molecule has 0 atom stereocenters. The van der Waals surface area contributed by atoms with E-state index in [9.17, 15) is 4.79 Å². The molecule has 0 aliphatic rings. The van der Waals surface area contributed by atoms with Crippen LogP contribution in [0.25, 0.3) is 0 Å². The molecule has 0 spiro atoms. The maximum atomic E-state index is 12.2. The second-order valence-corrected chi connectivity index (χ2v) is 4.38. The summed E-state index contributed by atoms with van der Waals surface area (Å²) in [5.41, 5.74) is 6.96. The van der Waals surface area contributed by atoms with Gasteiger partial charge in [-0.1, -0.05) is 35.3 Å². The molecule has 4 heteroatoms. The molecule has 17 heavy (non-hydrogen) atoms. The Balaban J connectivity index is 2.51. The van der Waals surface area contributed by atoms with Crippen LogP contribution in [0, 0.1) is 0 Å². The van der Waals surface area contributed by atoms with Gasteiger partial charge in [-0.2, -0.15) is 0 Å². The van der Waals surface area contributed by atoms with E-state index in [-0.39, 0.29) is 5.78 Å². The summed E-state index contributed by atoms with van der Waals surface area (Å²) in [5, 5.41) is 0.829. The number of carbonyl (C=O) groups is 1. The summed E-state index contributed by atoms with van der Waals surface area (Å²) in [7, 11) is 0. The Morgan fingerprint density at radius 1 is 1.00 bits per heavy atom. The monoisotopic (exact) mass is 265 g/mol. The van der Waals surface area contributed by atoms with Crippen molar-refractivity contribution in [1.82, 2.24) is 0 Å². The number of hydrogen-bond acceptors (Lipinski definition) is 2. The molecule has 2 aromatic carbocycles. The fourth-order valence-electron chi connectivity index (χ4n) is 1.52. The topological polar surface area (TPSA) is 43.1 Å². The van der Waals surface area contributed by atoms with Gasteiger partial charge in [0.05, 0.1) is 5.02 Å². The van der Waals surface area contributed by atoms with E-state index in [1.165, 1.54) is 0 Å².